The van der Waals surface area contributed by atoms with E-state index in [0.29, 0.717) is 13.0 Å². The Labute approximate surface area is 167 Å². The van der Waals surface area contributed by atoms with E-state index in [1.807, 2.05) is 37.3 Å². The summed E-state index contributed by atoms with van der Waals surface area (Å²) in [6.45, 7) is 5.07. The lowest BCUT2D eigenvalue weighted by Crippen LogP contribution is -2.47. The molecule has 1 aliphatic rings. The number of hydrogen-bond acceptors (Lipinski definition) is 4. The highest BCUT2D eigenvalue weighted by Crippen LogP contribution is 2.18. The molecule has 1 N–H and O–H groups in total. The predicted molar refractivity (Wildman–Crippen MR) is 110 cm³/mol. The van der Waals surface area contributed by atoms with Crippen LogP contribution in [0.4, 0.5) is 0 Å². The number of para-hydroxylation sites is 1. The maximum Gasteiger partial charge on any atom is 0.307 e. The van der Waals surface area contributed by atoms with E-state index in [4.69, 9.17) is 4.74 Å². The van der Waals surface area contributed by atoms with Gasteiger partial charge < -0.3 is 19.7 Å². The summed E-state index contributed by atoms with van der Waals surface area (Å²) in [6.07, 6.45) is 2.45. The average molecular weight is 461 g/mol. The molecule has 0 bridgehead atoms. The number of guanidine groups is 1. The number of esters is 1. The van der Waals surface area contributed by atoms with Crippen LogP contribution in [-0.2, 0) is 9.53 Å². The topological polar surface area (TPSA) is 63.2 Å². The molecule has 0 atom stereocenters. The lowest BCUT2D eigenvalue weighted by atomic mass is 10.1. The molecule has 25 heavy (non-hydrogen) atoms. The molecule has 0 aromatic heterocycles. The first kappa shape index (κ1) is 21.5. The third-order valence-electron chi connectivity index (χ3n) is 3.93. The highest BCUT2D eigenvalue weighted by Gasteiger charge is 2.22. The average Bonchev–Trinajstić information content (AvgIpc) is 2.62. The number of carbonyl (C=O) groups is 1. The monoisotopic (exact) mass is 461 g/mol. The number of likely N-dealkylation sites (tertiary alicyclic amines) is 1. The smallest absolute Gasteiger partial charge is 0.307 e. The zero-order valence-corrected chi connectivity index (χ0v) is 17.3. The molecule has 1 aromatic rings. The molecular formula is C18H28IN3O3. The lowest BCUT2D eigenvalue weighted by molar-refractivity contribution is -0.140. The molecule has 0 amide bonds. The van der Waals surface area contributed by atoms with Crippen molar-refractivity contribution in [3.63, 3.8) is 0 Å². The lowest BCUT2D eigenvalue weighted by Gasteiger charge is -2.34. The normalized spacial score (nSPS) is 15.3. The van der Waals surface area contributed by atoms with Crippen LogP contribution in [0.1, 0.15) is 26.2 Å². The largest absolute Gasteiger partial charge is 0.490 e. The van der Waals surface area contributed by atoms with Gasteiger partial charge in [-0.1, -0.05) is 18.2 Å². The van der Waals surface area contributed by atoms with E-state index in [9.17, 15) is 4.79 Å². The van der Waals surface area contributed by atoms with Crippen LogP contribution in [0.15, 0.2) is 35.3 Å². The Morgan fingerprint density at radius 1 is 1.28 bits per heavy atom. The molecule has 2 rings (SSSR count). The fraction of sp³-hybridized carbons (Fsp3) is 0.556. The quantitative estimate of drug-likeness (QED) is 0.306. The number of ether oxygens (including phenoxy) is 2. The molecule has 1 fully saturated rings. The van der Waals surface area contributed by atoms with Crippen LogP contribution in [0.25, 0.3) is 0 Å². The van der Waals surface area contributed by atoms with E-state index >= 15 is 0 Å². The Kier molecular flexibility index (Phi) is 10.3. The Morgan fingerprint density at radius 3 is 2.56 bits per heavy atom. The zero-order valence-electron chi connectivity index (χ0n) is 14.9. The molecule has 0 unspecified atom stereocenters. The van der Waals surface area contributed by atoms with Crippen LogP contribution in [0.5, 0.6) is 5.75 Å². The van der Waals surface area contributed by atoms with Gasteiger partial charge >= 0.3 is 5.97 Å². The van der Waals surface area contributed by atoms with Crippen molar-refractivity contribution in [3.8, 4) is 5.75 Å². The molecule has 7 heteroatoms. The minimum atomic E-state index is -0.232. The molecule has 0 aliphatic carbocycles. The number of rotatable bonds is 6. The SMILES string of the molecule is CCNC(=NCCC(=O)OC)N1CCC(Oc2ccccc2)CC1.I. The first-order valence-corrected chi connectivity index (χ1v) is 8.54. The van der Waals surface area contributed by atoms with Gasteiger partial charge in [-0.3, -0.25) is 9.79 Å². The number of piperidine rings is 1. The van der Waals surface area contributed by atoms with E-state index in [1.54, 1.807) is 0 Å². The number of carbonyl (C=O) groups excluding carboxylic acids is 1. The molecule has 0 radical (unpaired) electrons. The van der Waals surface area contributed by atoms with Crippen LogP contribution < -0.4 is 10.1 Å². The minimum absolute atomic E-state index is 0. The summed E-state index contributed by atoms with van der Waals surface area (Å²) >= 11 is 0. The van der Waals surface area contributed by atoms with Crippen molar-refractivity contribution in [2.75, 3.05) is 33.3 Å². The van der Waals surface area contributed by atoms with Crippen molar-refractivity contribution in [2.45, 2.75) is 32.3 Å². The summed E-state index contributed by atoms with van der Waals surface area (Å²) < 4.78 is 10.7. The standard InChI is InChI=1S/C18H27N3O3.HI/c1-3-19-18(20-12-9-17(22)23-2)21-13-10-16(11-14-21)24-15-7-5-4-6-8-15;/h4-8,16H,3,9-14H2,1-2H3,(H,19,20);1H. The third kappa shape index (κ3) is 7.50. The molecule has 140 valence electrons. The number of nitrogens with zero attached hydrogens (tertiary/aromatic N) is 2. The van der Waals surface area contributed by atoms with Gasteiger partial charge in [-0.25, -0.2) is 0 Å². The number of methoxy groups -OCH3 is 1. The van der Waals surface area contributed by atoms with E-state index in [1.165, 1.54) is 7.11 Å². The van der Waals surface area contributed by atoms with Crippen molar-refractivity contribution >= 4 is 35.9 Å². The second kappa shape index (κ2) is 11.9. The summed E-state index contributed by atoms with van der Waals surface area (Å²) in [7, 11) is 1.40. The van der Waals surface area contributed by atoms with Gasteiger partial charge in [0.2, 0.25) is 0 Å². The van der Waals surface area contributed by atoms with Crippen LogP contribution in [0, 0.1) is 0 Å². The van der Waals surface area contributed by atoms with E-state index in [2.05, 4.69) is 19.9 Å². The maximum atomic E-state index is 11.2. The number of halogens is 1. The Hall–Kier alpha value is -1.51. The zero-order chi connectivity index (χ0) is 17.2. The fourth-order valence-electron chi connectivity index (χ4n) is 2.66. The van der Waals surface area contributed by atoms with Crippen molar-refractivity contribution in [2.24, 2.45) is 4.99 Å². The maximum absolute atomic E-state index is 11.2. The fourth-order valence-corrected chi connectivity index (χ4v) is 2.66. The predicted octanol–water partition coefficient (Wildman–Crippen LogP) is 2.68. The van der Waals surface area contributed by atoms with Crippen LogP contribution in [0.3, 0.4) is 0 Å². The second-order valence-corrected chi connectivity index (χ2v) is 5.68. The van der Waals surface area contributed by atoms with Crippen LogP contribution in [-0.4, -0.2) is 56.2 Å². The first-order chi connectivity index (χ1) is 11.7. The summed E-state index contributed by atoms with van der Waals surface area (Å²) in [5, 5.41) is 3.29. The van der Waals surface area contributed by atoms with Gasteiger partial charge in [0.25, 0.3) is 0 Å². The molecule has 1 heterocycles. The van der Waals surface area contributed by atoms with Crippen LogP contribution >= 0.6 is 24.0 Å². The number of aliphatic imine (C=N–C) groups is 1. The summed E-state index contributed by atoms with van der Waals surface area (Å²) in [4.78, 5) is 18.0. The van der Waals surface area contributed by atoms with Crippen molar-refractivity contribution in [1.82, 2.24) is 10.2 Å². The number of benzene rings is 1. The van der Waals surface area contributed by atoms with Gasteiger partial charge in [0.05, 0.1) is 20.1 Å². The summed E-state index contributed by atoms with van der Waals surface area (Å²) in [5.41, 5.74) is 0. The van der Waals surface area contributed by atoms with Gasteiger partial charge in [0.1, 0.15) is 11.9 Å². The first-order valence-electron chi connectivity index (χ1n) is 8.54. The van der Waals surface area contributed by atoms with E-state index < -0.39 is 0 Å². The Balaban J connectivity index is 0.00000312. The summed E-state index contributed by atoms with van der Waals surface area (Å²) in [5.74, 6) is 1.55. The second-order valence-electron chi connectivity index (χ2n) is 5.68. The Morgan fingerprint density at radius 2 is 1.96 bits per heavy atom. The van der Waals surface area contributed by atoms with Gasteiger partial charge in [0, 0.05) is 32.5 Å². The Bertz CT molecular complexity index is 532. The van der Waals surface area contributed by atoms with E-state index in [0.717, 1.165) is 44.2 Å². The highest BCUT2D eigenvalue weighted by molar-refractivity contribution is 14.0. The van der Waals surface area contributed by atoms with Crippen molar-refractivity contribution in [1.29, 1.82) is 0 Å². The minimum Gasteiger partial charge on any atom is -0.490 e. The van der Waals surface area contributed by atoms with E-state index in [-0.39, 0.29) is 36.0 Å². The molecule has 0 saturated carbocycles. The molecule has 1 aliphatic heterocycles. The van der Waals surface area contributed by atoms with Gasteiger partial charge in [-0.15, -0.1) is 24.0 Å². The highest BCUT2D eigenvalue weighted by atomic mass is 127. The molecular weight excluding hydrogens is 433 g/mol. The van der Waals surface area contributed by atoms with Crippen LogP contribution in [0.2, 0.25) is 0 Å². The molecule has 6 nitrogen and oxygen atoms in total. The van der Waals surface area contributed by atoms with Gasteiger partial charge in [-0.05, 0) is 19.1 Å². The van der Waals surface area contributed by atoms with Crippen molar-refractivity contribution in [3.05, 3.63) is 30.3 Å². The third-order valence-corrected chi connectivity index (χ3v) is 3.93. The molecule has 1 saturated heterocycles. The summed E-state index contributed by atoms with van der Waals surface area (Å²) in [6, 6.07) is 9.95. The van der Waals surface area contributed by atoms with Crippen molar-refractivity contribution < 1.29 is 14.3 Å². The molecule has 1 aromatic carbocycles. The van der Waals surface area contributed by atoms with Gasteiger partial charge in [0.15, 0.2) is 5.96 Å². The number of hydrogen-bond donors (Lipinski definition) is 1. The van der Waals surface area contributed by atoms with Gasteiger partial charge in [-0.2, -0.15) is 0 Å². The molecule has 0 spiro atoms. The number of nitrogens with one attached hydrogen (secondary N) is 1.